The van der Waals surface area contributed by atoms with Crippen molar-refractivity contribution in [3.8, 4) is 0 Å². The minimum atomic E-state index is -4.21. The summed E-state index contributed by atoms with van der Waals surface area (Å²) in [5.41, 5.74) is 0.800. The molecule has 0 saturated carbocycles. The largest absolute Gasteiger partial charge is 0.406 e. The second kappa shape index (κ2) is 6.56. The predicted octanol–water partition coefficient (Wildman–Crippen LogP) is 3.51. The van der Waals surface area contributed by atoms with Gasteiger partial charge < -0.3 is 10.2 Å². The lowest BCUT2D eigenvalue weighted by Gasteiger charge is -2.21. The molecule has 0 aromatic carbocycles. The van der Waals surface area contributed by atoms with Crippen LogP contribution in [0, 0.1) is 6.92 Å². The minimum absolute atomic E-state index is 0.112. The second-order valence-electron chi connectivity index (χ2n) is 4.35. The van der Waals surface area contributed by atoms with Gasteiger partial charge >= 0.3 is 6.18 Å². The van der Waals surface area contributed by atoms with E-state index in [1.807, 2.05) is 20.8 Å². The van der Waals surface area contributed by atoms with Crippen molar-refractivity contribution in [3.05, 3.63) is 10.6 Å². The Morgan fingerprint density at radius 2 is 2.00 bits per heavy atom. The average molecular weight is 295 g/mol. The van der Waals surface area contributed by atoms with Gasteiger partial charge in [-0.25, -0.2) is 4.98 Å². The summed E-state index contributed by atoms with van der Waals surface area (Å²) < 4.78 is 37.5. The van der Waals surface area contributed by atoms with Gasteiger partial charge in [-0.2, -0.15) is 13.2 Å². The number of alkyl halides is 3. The SMILES string of the molecule is CCNC(C)c1sc(N(CC)CC(F)(F)F)nc1C. The van der Waals surface area contributed by atoms with Crippen molar-refractivity contribution in [1.82, 2.24) is 10.3 Å². The van der Waals surface area contributed by atoms with Crippen molar-refractivity contribution >= 4 is 16.5 Å². The first kappa shape index (κ1) is 16.2. The molecule has 0 bridgehead atoms. The van der Waals surface area contributed by atoms with E-state index in [1.54, 1.807) is 6.92 Å². The topological polar surface area (TPSA) is 28.2 Å². The molecule has 0 spiro atoms. The van der Waals surface area contributed by atoms with Crippen molar-refractivity contribution in [2.24, 2.45) is 0 Å². The molecule has 110 valence electrons. The van der Waals surface area contributed by atoms with E-state index < -0.39 is 12.7 Å². The smallest absolute Gasteiger partial charge is 0.339 e. The van der Waals surface area contributed by atoms with Crippen LogP contribution in [0.5, 0.6) is 0 Å². The molecule has 0 amide bonds. The van der Waals surface area contributed by atoms with Gasteiger partial charge in [0.1, 0.15) is 6.54 Å². The Hall–Kier alpha value is -0.820. The van der Waals surface area contributed by atoms with Crippen LogP contribution in [0.25, 0.3) is 0 Å². The van der Waals surface area contributed by atoms with Gasteiger partial charge in [-0.1, -0.05) is 6.92 Å². The van der Waals surface area contributed by atoms with Gasteiger partial charge in [0.05, 0.1) is 5.69 Å². The zero-order valence-corrected chi connectivity index (χ0v) is 12.5. The molecule has 0 radical (unpaired) electrons. The van der Waals surface area contributed by atoms with Crippen molar-refractivity contribution in [1.29, 1.82) is 0 Å². The molecular formula is C12H20F3N3S. The van der Waals surface area contributed by atoms with Gasteiger partial charge in [0.2, 0.25) is 0 Å². The number of aromatic nitrogens is 1. The maximum absolute atomic E-state index is 12.5. The van der Waals surface area contributed by atoms with E-state index in [-0.39, 0.29) is 6.04 Å². The van der Waals surface area contributed by atoms with E-state index in [4.69, 9.17) is 0 Å². The summed E-state index contributed by atoms with van der Waals surface area (Å²) in [6, 6.07) is 0.112. The molecule has 1 N–H and O–H groups in total. The number of aryl methyl sites for hydroxylation is 1. The lowest BCUT2D eigenvalue weighted by atomic mass is 10.2. The number of hydrogen-bond donors (Lipinski definition) is 1. The van der Waals surface area contributed by atoms with E-state index in [2.05, 4.69) is 10.3 Å². The highest BCUT2D eigenvalue weighted by molar-refractivity contribution is 7.15. The fraction of sp³-hybridized carbons (Fsp3) is 0.750. The molecule has 1 aromatic heterocycles. The van der Waals surface area contributed by atoms with E-state index >= 15 is 0 Å². The van der Waals surface area contributed by atoms with Gasteiger partial charge in [-0.15, -0.1) is 11.3 Å². The van der Waals surface area contributed by atoms with E-state index in [1.165, 1.54) is 16.2 Å². The zero-order chi connectivity index (χ0) is 14.6. The van der Waals surface area contributed by atoms with E-state index in [0.29, 0.717) is 11.7 Å². The first-order valence-electron chi connectivity index (χ1n) is 6.30. The third-order valence-electron chi connectivity index (χ3n) is 2.75. The second-order valence-corrected chi connectivity index (χ2v) is 5.36. The van der Waals surface area contributed by atoms with Gasteiger partial charge in [-0.3, -0.25) is 0 Å². The van der Waals surface area contributed by atoms with Crippen molar-refractivity contribution in [2.75, 3.05) is 24.5 Å². The highest BCUT2D eigenvalue weighted by Gasteiger charge is 2.31. The molecule has 1 heterocycles. The molecule has 7 heteroatoms. The molecule has 0 aliphatic rings. The lowest BCUT2D eigenvalue weighted by Crippen LogP contribution is -2.33. The minimum Gasteiger partial charge on any atom is -0.339 e. The Morgan fingerprint density at radius 1 is 1.37 bits per heavy atom. The number of thiazole rings is 1. The Labute approximate surface area is 115 Å². The normalized spacial score (nSPS) is 13.6. The fourth-order valence-corrected chi connectivity index (χ4v) is 3.02. The molecule has 1 atom stereocenters. The number of halogens is 3. The average Bonchev–Trinajstić information content (AvgIpc) is 2.67. The Balaban J connectivity index is 2.91. The van der Waals surface area contributed by atoms with Crippen LogP contribution in [-0.4, -0.2) is 30.8 Å². The van der Waals surface area contributed by atoms with Gasteiger partial charge in [0.25, 0.3) is 0 Å². The van der Waals surface area contributed by atoms with Gasteiger partial charge in [-0.05, 0) is 27.3 Å². The number of nitrogens with one attached hydrogen (secondary N) is 1. The predicted molar refractivity (Wildman–Crippen MR) is 72.9 cm³/mol. The molecular weight excluding hydrogens is 275 g/mol. The maximum Gasteiger partial charge on any atom is 0.406 e. The van der Waals surface area contributed by atoms with E-state index in [0.717, 1.165) is 17.1 Å². The van der Waals surface area contributed by atoms with Gasteiger partial charge in [0, 0.05) is 17.5 Å². The summed E-state index contributed by atoms with van der Waals surface area (Å²) in [4.78, 5) is 6.54. The number of nitrogens with zero attached hydrogens (tertiary/aromatic N) is 2. The Morgan fingerprint density at radius 3 is 2.47 bits per heavy atom. The summed E-state index contributed by atoms with van der Waals surface area (Å²) >= 11 is 1.33. The summed E-state index contributed by atoms with van der Waals surface area (Å²) in [7, 11) is 0. The molecule has 3 nitrogen and oxygen atoms in total. The van der Waals surface area contributed by atoms with Crippen molar-refractivity contribution < 1.29 is 13.2 Å². The summed E-state index contributed by atoms with van der Waals surface area (Å²) in [6.45, 7) is 7.69. The molecule has 19 heavy (non-hydrogen) atoms. The van der Waals surface area contributed by atoms with E-state index in [9.17, 15) is 13.2 Å². The fourth-order valence-electron chi connectivity index (χ4n) is 1.86. The van der Waals surface area contributed by atoms with Crippen molar-refractivity contribution in [2.45, 2.75) is 39.9 Å². The monoisotopic (exact) mass is 295 g/mol. The number of anilines is 1. The molecule has 1 unspecified atom stereocenters. The van der Waals surface area contributed by atoms with Crippen LogP contribution in [-0.2, 0) is 0 Å². The molecule has 0 aliphatic heterocycles. The van der Waals surface area contributed by atoms with Crippen LogP contribution in [0.1, 0.15) is 37.4 Å². The quantitative estimate of drug-likeness (QED) is 0.870. The highest BCUT2D eigenvalue weighted by Crippen LogP contribution is 2.32. The van der Waals surface area contributed by atoms with Crippen LogP contribution in [0.3, 0.4) is 0 Å². The number of hydrogen-bond acceptors (Lipinski definition) is 4. The Kier molecular flexibility index (Phi) is 5.61. The first-order chi connectivity index (χ1) is 8.78. The molecule has 0 aliphatic carbocycles. The maximum atomic E-state index is 12.5. The Bertz CT molecular complexity index is 403. The lowest BCUT2D eigenvalue weighted by molar-refractivity contribution is -0.119. The molecule has 0 saturated heterocycles. The van der Waals surface area contributed by atoms with Crippen LogP contribution < -0.4 is 10.2 Å². The molecule has 1 rings (SSSR count). The first-order valence-corrected chi connectivity index (χ1v) is 7.12. The zero-order valence-electron chi connectivity index (χ0n) is 11.6. The van der Waals surface area contributed by atoms with Crippen LogP contribution in [0.4, 0.5) is 18.3 Å². The molecule has 1 aromatic rings. The van der Waals surface area contributed by atoms with Crippen LogP contribution in [0.15, 0.2) is 0 Å². The third-order valence-corrected chi connectivity index (χ3v) is 4.15. The van der Waals surface area contributed by atoms with Gasteiger partial charge in [0.15, 0.2) is 5.13 Å². The standard InChI is InChI=1S/C12H20F3N3S/c1-5-16-8(3)10-9(4)17-11(19-10)18(6-2)7-12(13,14)15/h8,16H,5-7H2,1-4H3. The van der Waals surface area contributed by atoms with Crippen LogP contribution in [0.2, 0.25) is 0 Å². The summed E-state index contributed by atoms with van der Waals surface area (Å²) in [5.74, 6) is 0. The van der Waals surface area contributed by atoms with Crippen LogP contribution >= 0.6 is 11.3 Å². The summed E-state index contributed by atoms with van der Waals surface area (Å²) in [5, 5.41) is 3.69. The highest BCUT2D eigenvalue weighted by atomic mass is 32.1. The third kappa shape index (κ3) is 4.65. The van der Waals surface area contributed by atoms with Crippen molar-refractivity contribution in [3.63, 3.8) is 0 Å². The molecule has 0 fully saturated rings. The number of rotatable bonds is 6. The summed E-state index contributed by atoms with van der Waals surface area (Å²) in [6.07, 6.45) is -4.21.